The molecule has 0 aromatic heterocycles. The van der Waals surface area contributed by atoms with Crippen molar-refractivity contribution < 1.29 is 10.0 Å². The third kappa shape index (κ3) is 3.12. The number of halogens is 1. The number of hydrogen-bond donors (Lipinski definition) is 2. The number of carbonyl (C=O) groups excluding carboxylic acids is 1. The van der Waals surface area contributed by atoms with Crippen molar-refractivity contribution in [2.24, 2.45) is 10.9 Å². The van der Waals surface area contributed by atoms with Gasteiger partial charge in [-0.25, -0.2) is 0 Å². The minimum Gasteiger partial charge on any atom is -0.409 e. The Morgan fingerprint density at radius 3 is 2.85 bits per heavy atom. The van der Waals surface area contributed by atoms with Crippen molar-refractivity contribution in [3.8, 4) is 0 Å². The lowest BCUT2D eigenvalue weighted by atomic mass is 9.99. The molecule has 0 spiro atoms. The van der Waals surface area contributed by atoms with Crippen LogP contribution in [0.3, 0.4) is 0 Å². The highest BCUT2D eigenvalue weighted by Crippen LogP contribution is 2.22. The summed E-state index contributed by atoms with van der Waals surface area (Å²) in [6, 6.07) is 5.28. The normalized spacial score (nSPS) is 20.0. The molecule has 1 aromatic carbocycles. The van der Waals surface area contributed by atoms with Gasteiger partial charge in [0, 0.05) is 16.6 Å². The highest BCUT2D eigenvalue weighted by Gasteiger charge is 2.30. The van der Waals surface area contributed by atoms with Crippen molar-refractivity contribution >= 4 is 27.7 Å². The van der Waals surface area contributed by atoms with Gasteiger partial charge in [-0.2, -0.15) is 0 Å². The maximum atomic E-state index is 12.6. The van der Waals surface area contributed by atoms with Crippen LogP contribution in [0.25, 0.3) is 0 Å². The van der Waals surface area contributed by atoms with E-state index in [0.29, 0.717) is 12.1 Å². The number of hydrogen-bond acceptors (Lipinski definition) is 3. The van der Waals surface area contributed by atoms with Crippen LogP contribution in [0, 0.1) is 6.92 Å². The van der Waals surface area contributed by atoms with Crippen molar-refractivity contribution in [1.29, 1.82) is 0 Å². The van der Waals surface area contributed by atoms with Crippen LogP contribution in [-0.2, 0) is 0 Å². The van der Waals surface area contributed by atoms with Crippen LogP contribution in [0.1, 0.15) is 35.2 Å². The first kappa shape index (κ1) is 14.8. The Bertz CT molecular complexity index is 525. The van der Waals surface area contributed by atoms with E-state index in [9.17, 15) is 4.79 Å². The van der Waals surface area contributed by atoms with E-state index in [4.69, 9.17) is 10.9 Å². The molecule has 1 fully saturated rings. The van der Waals surface area contributed by atoms with E-state index in [0.717, 1.165) is 29.3 Å². The number of rotatable bonds is 2. The molecule has 5 nitrogen and oxygen atoms in total. The van der Waals surface area contributed by atoms with Crippen LogP contribution in [0.2, 0.25) is 0 Å². The summed E-state index contributed by atoms with van der Waals surface area (Å²) in [5.41, 5.74) is 7.34. The molecule has 108 valence electrons. The van der Waals surface area contributed by atoms with Crippen LogP contribution in [0.4, 0.5) is 0 Å². The zero-order valence-corrected chi connectivity index (χ0v) is 12.9. The quantitative estimate of drug-likeness (QED) is 0.376. The standard InChI is InChI=1S/C14H18BrN3O2/c1-9-6-10(8-11(15)7-9)14(19)18-5-3-2-4-12(18)13(16)17-20/h6-8,12,20H,2-5H2,1H3,(H2,16,17). The fraction of sp³-hybridized carbons (Fsp3) is 0.429. The van der Waals surface area contributed by atoms with Gasteiger partial charge in [-0.3, -0.25) is 4.79 Å². The van der Waals surface area contributed by atoms with Gasteiger partial charge in [0.15, 0.2) is 5.84 Å². The number of aryl methyl sites for hydroxylation is 1. The average molecular weight is 340 g/mol. The van der Waals surface area contributed by atoms with Crippen LogP contribution in [0.15, 0.2) is 27.8 Å². The fourth-order valence-electron chi connectivity index (χ4n) is 2.57. The topological polar surface area (TPSA) is 78.9 Å². The van der Waals surface area contributed by atoms with Gasteiger partial charge in [0.25, 0.3) is 5.91 Å². The van der Waals surface area contributed by atoms with E-state index < -0.39 is 0 Å². The Hall–Kier alpha value is -1.56. The van der Waals surface area contributed by atoms with Crippen LogP contribution >= 0.6 is 15.9 Å². The SMILES string of the molecule is Cc1cc(Br)cc(C(=O)N2CCCCC2/C(N)=N/O)c1. The van der Waals surface area contributed by atoms with Gasteiger partial charge >= 0.3 is 0 Å². The molecule has 1 saturated heterocycles. The molecule has 0 radical (unpaired) electrons. The van der Waals surface area contributed by atoms with E-state index in [-0.39, 0.29) is 17.8 Å². The minimum atomic E-state index is -0.319. The average Bonchev–Trinajstić information content (AvgIpc) is 2.44. The van der Waals surface area contributed by atoms with Crippen LogP contribution in [-0.4, -0.2) is 34.4 Å². The van der Waals surface area contributed by atoms with Gasteiger partial charge in [-0.15, -0.1) is 0 Å². The molecule has 20 heavy (non-hydrogen) atoms. The molecule has 1 aromatic rings. The first-order valence-electron chi connectivity index (χ1n) is 6.58. The van der Waals surface area contributed by atoms with Crippen LogP contribution in [0.5, 0.6) is 0 Å². The number of amidine groups is 1. The molecule has 3 N–H and O–H groups in total. The van der Waals surface area contributed by atoms with E-state index in [1.807, 2.05) is 19.1 Å². The molecule has 1 heterocycles. The van der Waals surface area contributed by atoms with Gasteiger partial charge in [-0.1, -0.05) is 21.1 Å². The summed E-state index contributed by atoms with van der Waals surface area (Å²) < 4.78 is 0.873. The highest BCUT2D eigenvalue weighted by molar-refractivity contribution is 9.10. The Balaban J connectivity index is 2.29. The lowest BCUT2D eigenvalue weighted by Crippen LogP contribution is -2.50. The third-order valence-electron chi connectivity index (χ3n) is 3.51. The Labute approximate surface area is 126 Å². The molecule has 0 aliphatic carbocycles. The van der Waals surface area contributed by atoms with E-state index in [1.54, 1.807) is 11.0 Å². The Morgan fingerprint density at radius 2 is 2.20 bits per heavy atom. The fourth-order valence-corrected chi connectivity index (χ4v) is 3.18. The molecule has 1 aliphatic rings. The second-order valence-corrected chi connectivity index (χ2v) is 5.97. The maximum Gasteiger partial charge on any atom is 0.254 e. The van der Waals surface area contributed by atoms with Gasteiger partial charge in [0.1, 0.15) is 0 Å². The summed E-state index contributed by atoms with van der Waals surface area (Å²) >= 11 is 3.40. The smallest absolute Gasteiger partial charge is 0.254 e. The molecular weight excluding hydrogens is 322 g/mol. The number of oxime groups is 1. The largest absolute Gasteiger partial charge is 0.409 e. The molecule has 6 heteroatoms. The zero-order chi connectivity index (χ0) is 14.7. The number of nitrogens with zero attached hydrogens (tertiary/aromatic N) is 2. The highest BCUT2D eigenvalue weighted by atomic mass is 79.9. The summed E-state index contributed by atoms with van der Waals surface area (Å²) in [5, 5.41) is 11.9. The summed E-state index contributed by atoms with van der Waals surface area (Å²) in [6.45, 7) is 2.57. The first-order valence-corrected chi connectivity index (χ1v) is 7.38. The lowest BCUT2D eigenvalue weighted by molar-refractivity contribution is 0.0676. The summed E-state index contributed by atoms with van der Waals surface area (Å²) in [4.78, 5) is 14.3. The summed E-state index contributed by atoms with van der Waals surface area (Å²) in [6.07, 6.45) is 2.64. The number of likely N-dealkylation sites (tertiary alicyclic amines) is 1. The van der Waals surface area contributed by atoms with Crippen molar-refractivity contribution in [3.63, 3.8) is 0 Å². The van der Waals surface area contributed by atoms with Gasteiger partial charge in [0.05, 0.1) is 6.04 Å². The van der Waals surface area contributed by atoms with Crippen LogP contribution < -0.4 is 5.73 Å². The zero-order valence-electron chi connectivity index (χ0n) is 11.3. The predicted octanol–water partition coefficient (Wildman–Crippen LogP) is 2.50. The van der Waals surface area contributed by atoms with E-state index in [2.05, 4.69) is 21.1 Å². The molecule has 0 saturated carbocycles. The predicted molar refractivity (Wildman–Crippen MR) is 81.0 cm³/mol. The monoisotopic (exact) mass is 339 g/mol. The molecule has 1 amide bonds. The molecule has 2 rings (SSSR count). The minimum absolute atomic E-state index is 0.0781. The second kappa shape index (κ2) is 6.26. The number of amides is 1. The summed E-state index contributed by atoms with van der Waals surface area (Å²) in [5.74, 6) is 0.0236. The van der Waals surface area contributed by atoms with Gasteiger partial charge in [-0.05, 0) is 49.9 Å². The Morgan fingerprint density at radius 1 is 1.45 bits per heavy atom. The Kier molecular flexibility index (Phi) is 4.65. The number of nitrogens with two attached hydrogens (primary N) is 1. The number of carbonyl (C=O) groups is 1. The van der Waals surface area contributed by atoms with Crippen molar-refractivity contribution in [3.05, 3.63) is 33.8 Å². The molecule has 1 aliphatic heterocycles. The molecule has 0 bridgehead atoms. The van der Waals surface area contributed by atoms with Gasteiger partial charge < -0.3 is 15.8 Å². The third-order valence-corrected chi connectivity index (χ3v) is 3.97. The summed E-state index contributed by atoms with van der Waals surface area (Å²) in [7, 11) is 0. The molecular formula is C14H18BrN3O2. The van der Waals surface area contributed by atoms with Gasteiger partial charge in [0.2, 0.25) is 0 Å². The van der Waals surface area contributed by atoms with Crippen molar-refractivity contribution in [2.75, 3.05) is 6.54 Å². The molecule has 1 unspecified atom stereocenters. The molecule has 1 atom stereocenters. The van der Waals surface area contributed by atoms with E-state index in [1.165, 1.54) is 0 Å². The number of benzene rings is 1. The maximum absolute atomic E-state index is 12.6. The van der Waals surface area contributed by atoms with Crippen molar-refractivity contribution in [2.45, 2.75) is 32.2 Å². The van der Waals surface area contributed by atoms with E-state index >= 15 is 0 Å². The first-order chi connectivity index (χ1) is 9.52. The number of piperidine rings is 1. The lowest BCUT2D eigenvalue weighted by Gasteiger charge is -2.35. The van der Waals surface area contributed by atoms with Crippen molar-refractivity contribution in [1.82, 2.24) is 4.90 Å². The second-order valence-electron chi connectivity index (χ2n) is 5.05.